The van der Waals surface area contributed by atoms with E-state index in [4.69, 9.17) is 9.16 Å². The Kier molecular flexibility index (Phi) is 25.2. The molecule has 0 aromatic rings. The first-order chi connectivity index (χ1) is 19.7. The molecule has 0 N–H and O–H groups in total. The van der Waals surface area contributed by atoms with E-state index in [1.165, 1.54) is 104 Å². The molecule has 0 radical (unpaired) electrons. The van der Waals surface area contributed by atoms with Crippen LogP contribution in [0.15, 0.2) is 0 Å². The van der Waals surface area contributed by atoms with E-state index in [1.54, 1.807) is 7.11 Å². The van der Waals surface area contributed by atoms with E-state index < -0.39 is 45.1 Å². The minimum absolute atomic E-state index is 0.0132. The summed E-state index contributed by atoms with van der Waals surface area (Å²) in [6.07, 6.45) is 16.0. The van der Waals surface area contributed by atoms with Gasteiger partial charge in [-0.2, -0.15) is 0 Å². The monoisotopic (exact) mass is 812 g/mol. The van der Waals surface area contributed by atoms with Gasteiger partial charge >= 0.3 is 271 Å². The third-order valence-electron chi connectivity index (χ3n) is 10.9. The molecule has 0 aliphatic heterocycles. The molecule has 0 fully saturated rings. The van der Waals surface area contributed by atoms with Gasteiger partial charge in [-0.1, -0.05) is 0 Å². The second kappa shape index (κ2) is 24.5. The van der Waals surface area contributed by atoms with E-state index in [2.05, 4.69) is 62.3 Å². The second-order valence-electron chi connectivity index (χ2n) is 13.5. The van der Waals surface area contributed by atoms with Gasteiger partial charge in [0.05, 0.1) is 0 Å². The minimum atomic E-state index is -2.87. The first-order valence-electron chi connectivity index (χ1n) is 18.5. The van der Waals surface area contributed by atoms with Crippen molar-refractivity contribution in [2.75, 3.05) is 13.7 Å². The van der Waals surface area contributed by atoms with E-state index in [0.29, 0.717) is 6.61 Å². The Morgan fingerprint density at radius 2 is 0.854 bits per heavy atom. The topological polar surface area (TPSA) is 35.5 Å². The molecule has 0 spiro atoms. The van der Waals surface area contributed by atoms with Crippen molar-refractivity contribution in [3.8, 4) is 0 Å². The van der Waals surface area contributed by atoms with Gasteiger partial charge in [-0.3, -0.25) is 0 Å². The number of hydrogen-bond acceptors (Lipinski definition) is 3. The number of hydrogen-bond donors (Lipinski definition) is 0. The summed E-state index contributed by atoms with van der Waals surface area (Å²) < 4.78 is 22.8. The van der Waals surface area contributed by atoms with Crippen molar-refractivity contribution in [2.45, 2.75) is 186 Å². The van der Waals surface area contributed by atoms with Crippen LogP contribution in [-0.4, -0.2) is 64.8 Å². The summed E-state index contributed by atoms with van der Waals surface area (Å²) in [5.74, 6) is 0.122. The van der Waals surface area contributed by atoms with Crippen LogP contribution in [-0.2, 0) is 14.0 Å². The molecule has 0 aromatic heterocycles. The fourth-order valence-corrected chi connectivity index (χ4v) is 89.9. The number of carbonyl (C=O) groups excluding carboxylic acids is 1. The van der Waals surface area contributed by atoms with Gasteiger partial charge in [0.15, 0.2) is 0 Å². The number of carbonyl (C=O) groups is 1. The van der Waals surface area contributed by atoms with Gasteiger partial charge in [0.25, 0.3) is 0 Å². The number of unbranched alkanes of at least 4 members (excludes halogenated alkanes) is 6. The van der Waals surface area contributed by atoms with Crippen LogP contribution in [0.3, 0.4) is 0 Å². The maximum atomic E-state index is 14.3. The third-order valence-corrected chi connectivity index (χ3v) is 71.9. The normalized spacial score (nSPS) is 13.6. The SMILES string of the molecule is CCC[CH2][Sn]([CH2]CCC)([CH2]CCC)[CH](C(CO[Si](CC)(CC)CC)C(=O)OC)[Sn]([CH2]CCC)([CH2]CCC)[CH2]CCC. The number of esters is 1. The predicted octanol–water partition coefficient (Wildman–Crippen LogP) is 12.4. The van der Waals surface area contributed by atoms with Crippen molar-refractivity contribution in [1.29, 1.82) is 0 Å². The Labute approximate surface area is 268 Å². The third kappa shape index (κ3) is 13.6. The molecule has 246 valence electrons. The van der Waals surface area contributed by atoms with Crippen LogP contribution in [0.4, 0.5) is 0 Å². The summed E-state index contributed by atoms with van der Waals surface area (Å²) >= 11 is -5.75. The average molecular weight is 810 g/mol. The fourth-order valence-electron chi connectivity index (χ4n) is 8.13. The Bertz CT molecular complexity index is 557. The van der Waals surface area contributed by atoms with Gasteiger partial charge in [-0.05, 0) is 0 Å². The molecule has 0 heterocycles. The molecule has 41 heavy (non-hydrogen) atoms. The molecule has 0 aliphatic rings. The summed E-state index contributed by atoms with van der Waals surface area (Å²) in [4.78, 5) is 14.3. The second-order valence-corrected chi connectivity index (χ2v) is 50.7. The molecule has 0 saturated heterocycles. The van der Waals surface area contributed by atoms with Gasteiger partial charge < -0.3 is 0 Å². The zero-order valence-electron chi connectivity index (χ0n) is 29.9. The summed E-state index contributed by atoms with van der Waals surface area (Å²) in [5, 5.41) is 0. The summed E-state index contributed by atoms with van der Waals surface area (Å²) in [6.45, 7) is 22.1. The molecule has 3 nitrogen and oxygen atoms in total. The molecule has 0 amide bonds. The van der Waals surface area contributed by atoms with E-state index >= 15 is 0 Å². The molecular weight excluding hydrogens is 734 g/mol. The van der Waals surface area contributed by atoms with Gasteiger partial charge in [0.1, 0.15) is 0 Å². The van der Waals surface area contributed by atoms with E-state index in [9.17, 15) is 4.79 Å². The average Bonchev–Trinajstić information content (AvgIpc) is 3.01. The first kappa shape index (κ1) is 42.2. The van der Waals surface area contributed by atoms with Gasteiger partial charge in [-0.25, -0.2) is 0 Å². The van der Waals surface area contributed by atoms with Crippen LogP contribution >= 0.6 is 0 Å². The van der Waals surface area contributed by atoms with Crippen molar-refractivity contribution in [1.82, 2.24) is 0 Å². The van der Waals surface area contributed by atoms with Crippen LogP contribution in [0.2, 0.25) is 46.7 Å². The maximum absolute atomic E-state index is 14.3. The van der Waals surface area contributed by atoms with Crippen molar-refractivity contribution in [2.24, 2.45) is 5.92 Å². The molecule has 0 rings (SSSR count). The fraction of sp³-hybridized carbons (Fsp3) is 0.971. The summed E-state index contributed by atoms with van der Waals surface area (Å²) in [6, 6.07) is 3.47. The molecular formula is C35H76O3SiSn2. The van der Waals surface area contributed by atoms with E-state index in [1.807, 2.05) is 0 Å². The number of methoxy groups -OCH3 is 1. The Hall–Kier alpha value is 1.24. The standard InChI is InChI=1S/C11H22O3Si.6C4H9.2Sn/c1-6-15(7-2,8-3)14-9-10(4)11(12)13-5;6*1-3-4-2;;/h4,10H,6-9H2,1-3,5H3;6*1,3-4H2,2H3;;. The first-order valence-corrected chi connectivity index (χ1v) is 36.4. The summed E-state index contributed by atoms with van der Waals surface area (Å²) in [5.41, 5.74) is 0. The van der Waals surface area contributed by atoms with Crippen LogP contribution in [0.25, 0.3) is 0 Å². The van der Waals surface area contributed by atoms with Crippen molar-refractivity contribution < 1.29 is 14.0 Å². The van der Waals surface area contributed by atoms with Gasteiger partial charge in [0, 0.05) is 0 Å². The Balaban J connectivity index is 7.59. The Morgan fingerprint density at radius 3 is 1.07 bits per heavy atom. The van der Waals surface area contributed by atoms with E-state index in [-0.39, 0.29) is 11.9 Å². The molecule has 0 aliphatic carbocycles. The van der Waals surface area contributed by atoms with E-state index in [0.717, 1.165) is 20.1 Å². The Morgan fingerprint density at radius 1 is 0.561 bits per heavy atom. The molecule has 0 saturated carbocycles. The van der Waals surface area contributed by atoms with Gasteiger partial charge in [-0.15, -0.1) is 0 Å². The summed E-state index contributed by atoms with van der Waals surface area (Å²) in [7, 11) is -0.137. The molecule has 1 unspecified atom stereocenters. The molecule has 0 bridgehead atoms. The van der Waals surface area contributed by atoms with Crippen molar-refractivity contribution >= 4 is 51.0 Å². The van der Waals surface area contributed by atoms with Crippen LogP contribution in [0.5, 0.6) is 0 Å². The predicted molar refractivity (Wildman–Crippen MR) is 192 cm³/mol. The van der Waals surface area contributed by atoms with Crippen molar-refractivity contribution in [3.05, 3.63) is 0 Å². The van der Waals surface area contributed by atoms with Gasteiger partial charge in [0.2, 0.25) is 0 Å². The number of rotatable bonds is 28. The quantitative estimate of drug-likeness (QED) is 0.0583. The molecule has 0 aromatic carbocycles. The zero-order chi connectivity index (χ0) is 31.2. The number of ether oxygens (including phenoxy) is 1. The van der Waals surface area contributed by atoms with Crippen molar-refractivity contribution in [3.63, 3.8) is 0 Å². The molecule has 1 atom stereocenters. The molecule has 6 heteroatoms. The van der Waals surface area contributed by atoms with Crippen LogP contribution < -0.4 is 0 Å². The van der Waals surface area contributed by atoms with Crippen LogP contribution in [0.1, 0.15) is 139 Å². The van der Waals surface area contributed by atoms with Crippen LogP contribution in [0, 0.1) is 5.92 Å². The zero-order valence-corrected chi connectivity index (χ0v) is 36.6.